The minimum Gasteiger partial charge on any atom is -0.483 e. The van der Waals surface area contributed by atoms with Gasteiger partial charge in [0.15, 0.2) is 5.69 Å². The highest BCUT2D eigenvalue weighted by molar-refractivity contribution is 5.93. The first kappa shape index (κ1) is 22.3. The Morgan fingerprint density at radius 3 is 2.84 bits per heavy atom. The molecule has 0 spiro atoms. The van der Waals surface area contributed by atoms with E-state index in [-0.39, 0.29) is 24.3 Å². The number of likely N-dealkylation sites (N-methyl/N-ethyl adjacent to an activating group) is 1. The number of likely N-dealkylation sites (tertiary alicyclic amines) is 2. The van der Waals surface area contributed by atoms with E-state index in [1.54, 1.807) is 12.4 Å². The minimum atomic E-state index is -0.577. The number of carboxylic acid groups (broad SMARTS) is 1. The van der Waals surface area contributed by atoms with E-state index in [0.29, 0.717) is 25.3 Å². The molecule has 0 aromatic carbocycles. The Labute approximate surface area is 179 Å². The van der Waals surface area contributed by atoms with E-state index in [2.05, 4.69) is 30.6 Å². The number of hydrogen-bond acceptors (Lipinski definition) is 7. The average Bonchev–Trinajstić information content (AvgIpc) is 3.33. The summed E-state index contributed by atoms with van der Waals surface area (Å²) in [6, 6.07) is 3.62. The van der Waals surface area contributed by atoms with Gasteiger partial charge in [-0.1, -0.05) is 6.07 Å². The summed E-state index contributed by atoms with van der Waals surface area (Å²) in [5, 5.41) is 20.2. The SMILES string of the molecule is CN1CC[C@]2(C(=O)NCc3cccnc3)CCCN(C(=O)c3cn[nH]n3)[C@H]2C1.O=CO. The van der Waals surface area contributed by atoms with Gasteiger partial charge in [-0.05, 0) is 44.5 Å². The van der Waals surface area contributed by atoms with E-state index in [9.17, 15) is 9.59 Å². The van der Waals surface area contributed by atoms with Crippen LogP contribution in [0.3, 0.4) is 0 Å². The van der Waals surface area contributed by atoms with Gasteiger partial charge in [0.2, 0.25) is 5.91 Å². The number of fused-ring (bicyclic) bond motifs is 1. The number of nitrogens with one attached hydrogen (secondary N) is 2. The molecule has 11 nitrogen and oxygen atoms in total. The van der Waals surface area contributed by atoms with E-state index < -0.39 is 5.41 Å². The van der Waals surface area contributed by atoms with E-state index in [1.165, 1.54) is 6.20 Å². The van der Waals surface area contributed by atoms with Gasteiger partial charge in [-0.25, -0.2) is 0 Å². The molecule has 2 aromatic heterocycles. The molecule has 2 saturated heterocycles. The summed E-state index contributed by atoms with van der Waals surface area (Å²) in [5.41, 5.74) is 0.676. The second-order valence-corrected chi connectivity index (χ2v) is 7.79. The van der Waals surface area contributed by atoms with Crippen molar-refractivity contribution in [3.8, 4) is 0 Å². The van der Waals surface area contributed by atoms with Crippen LogP contribution in [0.25, 0.3) is 0 Å². The van der Waals surface area contributed by atoms with Gasteiger partial charge in [-0.2, -0.15) is 15.4 Å². The Kier molecular flexibility index (Phi) is 7.29. The maximum atomic E-state index is 13.4. The topological polar surface area (TPSA) is 144 Å². The van der Waals surface area contributed by atoms with Crippen molar-refractivity contribution < 1.29 is 19.5 Å². The number of amides is 2. The maximum Gasteiger partial charge on any atom is 0.290 e. The molecule has 4 rings (SSSR count). The second kappa shape index (κ2) is 10.1. The summed E-state index contributed by atoms with van der Waals surface area (Å²) >= 11 is 0. The molecule has 0 aliphatic carbocycles. The van der Waals surface area contributed by atoms with Gasteiger partial charge in [0, 0.05) is 32.0 Å². The van der Waals surface area contributed by atoms with Gasteiger partial charge in [-0.15, -0.1) is 0 Å². The van der Waals surface area contributed by atoms with Gasteiger partial charge in [0.25, 0.3) is 12.4 Å². The summed E-state index contributed by atoms with van der Waals surface area (Å²) in [7, 11) is 2.03. The molecule has 2 amide bonds. The zero-order valence-corrected chi connectivity index (χ0v) is 17.4. The predicted octanol–water partition coefficient (Wildman–Crippen LogP) is 0.143. The van der Waals surface area contributed by atoms with Crippen molar-refractivity contribution in [2.45, 2.75) is 31.8 Å². The summed E-state index contributed by atoms with van der Waals surface area (Å²) < 4.78 is 0. The lowest BCUT2D eigenvalue weighted by molar-refractivity contribution is -0.142. The Morgan fingerprint density at radius 2 is 2.16 bits per heavy atom. The highest BCUT2D eigenvalue weighted by Crippen LogP contribution is 2.43. The number of piperidine rings is 2. The Hall–Kier alpha value is -3.34. The summed E-state index contributed by atoms with van der Waals surface area (Å²) in [5.74, 6) is -0.148. The first-order chi connectivity index (χ1) is 15.0. The van der Waals surface area contributed by atoms with Crippen molar-refractivity contribution in [2.75, 3.05) is 26.7 Å². The molecule has 2 aromatic rings. The van der Waals surface area contributed by atoms with Crippen molar-refractivity contribution >= 4 is 18.3 Å². The van der Waals surface area contributed by atoms with Crippen LogP contribution in [0.1, 0.15) is 35.3 Å². The Balaban J connectivity index is 0.000000858. The fourth-order valence-corrected chi connectivity index (χ4v) is 4.46. The van der Waals surface area contributed by atoms with E-state index in [1.807, 2.05) is 24.1 Å². The monoisotopic (exact) mass is 429 g/mol. The van der Waals surface area contributed by atoms with Crippen LogP contribution in [0.15, 0.2) is 30.7 Å². The zero-order chi connectivity index (χ0) is 22.3. The standard InChI is InChI=1S/C19H25N7O2.CH2O2/c1-25-9-6-19(18(28)21-11-14-4-2-7-20-10-14)5-3-8-26(16(19)13-25)17(27)15-12-22-24-23-15;2-1-3/h2,4,7,10,12,16H,3,5-6,8-9,11,13H2,1H3,(H,21,28)(H,22,23,24);1H,(H,2,3)/t16-,19+;/m0./s1. The molecular weight excluding hydrogens is 402 g/mol. The highest BCUT2D eigenvalue weighted by atomic mass is 16.3. The number of carbonyl (C=O) groups excluding carboxylic acids is 2. The van der Waals surface area contributed by atoms with Crippen LogP contribution < -0.4 is 5.32 Å². The number of hydrogen-bond donors (Lipinski definition) is 3. The number of pyridine rings is 1. The molecule has 11 heteroatoms. The molecule has 2 atom stereocenters. The lowest BCUT2D eigenvalue weighted by Gasteiger charge is -2.53. The van der Waals surface area contributed by atoms with Crippen LogP contribution in [-0.4, -0.2) is 86.3 Å². The van der Waals surface area contributed by atoms with Crippen molar-refractivity contribution in [3.05, 3.63) is 42.0 Å². The van der Waals surface area contributed by atoms with Crippen LogP contribution in [-0.2, 0) is 16.1 Å². The molecule has 2 aliphatic rings. The number of H-pyrrole nitrogens is 1. The molecule has 4 heterocycles. The quantitative estimate of drug-likeness (QED) is 0.582. The molecule has 3 N–H and O–H groups in total. The average molecular weight is 429 g/mol. The summed E-state index contributed by atoms with van der Waals surface area (Å²) in [6.07, 6.45) is 7.22. The minimum absolute atomic E-state index is 0.0205. The van der Waals surface area contributed by atoms with Crippen LogP contribution in [0.4, 0.5) is 0 Å². The van der Waals surface area contributed by atoms with E-state index in [4.69, 9.17) is 9.90 Å². The van der Waals surface area contributed by atoms with Crippen LogP contribution in [0.2, 0.25) is 0 Å². The van der Waals surface area contributed by atoms with Gasteiger partial charge >= 0.3 is 0 Å². The van der Waals surface area contributed by atoms with E-state index >= 15 is 0 Å². The third kappa shape index (κ3) is 4.88. The van der Waals surface area contributed by atoms with Crippen LogP contribution in [0, 0.1) is 5.41 Å². The summed E-state index contributed by atoms with van der Waals surface area (Å²) in [6.45, 7) is 2.32. The fourth-order valence-electron chi connectivity index (χ4n) is 4.46. The lowest BCUT2D eigenvalue weighted by Crippen LogP contribution is -2.66. The Morgan fingerprint density at radius 1 is 1.35 bits per heavy atom. The van der Waals surface area contributed by atoms with Gasteiger partial charge in [0.1, 0.15) is 0 Å². The van der Waals surface area contributed by atoms with Crippen LogP contribution in [0.5, 0.6) is 0 Å². The van der Waals surface area contributed by atoms with Crippen molar-refractivity contribution in [3.63, 3.8) is 0 Å². The molecule has 31 heavy (non-hydrogen) atoms. The molecule has 0 radical (unpaired) electrons. The normalized spacial score (nSPS) is 23.1. The largest absolute Gasteiger partial charge is 0.483 e. The van der Waals surface area contributed by atoms with Gasteiger partial charge in [-0.3, -0.25) is 19.4 Å². The second-order valence-electron chi connectivity index (χ2n) is 7.79. The number of rotatable bonds is 4. The lowest BCUT2D eigenvalue weighted by atomic mass is 9.67. The fraction of sp³-hybridized carbons (Fsp3) is 0.500. The number of aromatic nitrogens is 4. The number of carbonyl (C=O) groups is 3. The van der Waals surface area contributed by atoms with Crippen molar-refractivity contribution in [1.29, 1.82) is 0 Å². The van der Waals surface area contributed by atoms with Crippen molar-refractivity contribution in [2.24, 2.45) is 5.41 Å². The Bertz CT molecular complexity index is 877. The molecule has 0 saturated carbocycles. The number of aromatic amines is 1. The molecule has 0 bridgehead atoms. The first-order valence-electron chi connectivity index (χ1n) is 10.1. The predicted molar refractivity (Wildman–Crippen MR) is 110 cm³/mol. The molecule has 2 aliphatic heterocycles. The maximum absolute atomic E-state index is 13.4. The smallest absolute Gasteiger partial charge is 0.290 e. The zero-order valence-electron chi connectivity index (χ0n) is 17.4. The third-order valence-corrected chi connectivity index (χ3v) is 5.98. The molecule has 0 unspecified atom stereocenters. The number of nitrogens with zero attached hydrogens (tertiary/aromatic N) is 5. The third-order valence-electron chi connectivity index (χ3n) is 5.98. The van der Waals surface area contributed by atoms with Crippen LogP contribution >= 0.6 is 0 Å². The molecular formula is C20H27N7O4. The highest BCUT2D eigenvalue weighted by Gasteiger charge is 2.53. The van der Waals surface area contributed by atoms with Gasteiger partial charge < -0.3 is 20.2 Å². The first-order valence-corrected chi connectivity index (χ1v) is 10.1. The summed E-state index contributed by atoms with van der Waals surface area (Å²) in [4.78, 5) is 42.8. The van der Waals surface area contributed by atoms with Gasteiger partial charge in [0.05, 0.1) is 17.7 Å². The molecule has 166 valence electrons. The molecule has 2 fully saturated rings. The van der Waals surface area contributed by atoms with Crippen molar-refractivity contribution in [1.82, 2.24) is 35.5 Å². The van der Waals surface area contributed by atoms with E-state index in [0.717, 1.165) is 31.4 Å².